The molecule has 4 aliphatic rings. The molecular weight excluding hydrogens is 628 g/mol. The van der Waals surface area contributed by atoms with Crippen molar-refractivity contribution in [2.45, 2.75) is 104 Å². The van der Waals surface area contributed by atoms with Crippen molar-refractivity contribution in [3.05, 3.63) is 35.8 Å². The van der Waals surface area contributed by atoms with Crippen molar-refractivity contribution < 1.29 is 62.0 Å². The van der Waals surface area contributed by atoms with Gasteiger partial charge >= 0.3 is 29.8 Å². The monoisotopic (exact) mass is 672 g/mol. The van der Waals surface area contributed by atoms with Crippen molar-refractivity contribution in [2.75, 3.05) is 7.11 Å². The summed E-state index contributed by atoms with van der Waals surface area (Å²) in [4.78, 5) is 81.4. The third-order valence-electron chi connectivity index (χ3n) is 11.4. The van der Waals surface area contributed by atoms with Gasteiger partial charge in [0.05, 0.1) is 25.6 Å². The lowest BCUT2D eigenvalue weighted by Crippen LogP contribution is -2.86. The maximum atomic E-state index is 15.1. The SMILES string of the molecule is COC(=O)C[C@H]1C(C)(C)[C@H](OC(C)=O)[C@@]2(O)C(=O)[C@]1(C)[C@H]1CC[C@]3(C)C(=CC(=O)O[C@H]3c3ccoc3)[C@@]1(OC(=O)C(C)C)[C@@H]2OC(C)=O. The molecule has 0 spiro atoms. The maximum absolute atomic E-state index is 15.1. The summed E-state index contributed by atoms with van der Waals surface area (Å²) in [5.74, 6) is -7.67. The molecule has 13 heteroatoms. The predicted octanol–water partition coefficient (Wildman–Crippen LogP) is 3.56. The summed E-state index contributed by atoms with van der Waals surface area (Å²) in [5, 5.41) is 13.1. The minimum absolute atomic E-state index is 0.132. The van der Waals surface area contributed by atoms with Crippen LogP contribution in [-0.4, -0.2) is 71.3 Å². The number of rotatable bonds is 7. The van der Waals surface area contributed by atoms with Crippen LogP contribution in [0.5, 0.6) is 0 Å². The molecule has 0 saturated heterocycles. The Morgan fingerprint density at radius 2 is 1.65 bits per heavy atom. The molecule has 1 aromatic rings. The molecule has 3 saturated carbocycles. The summed E-state index contributed by atoms with van der Waals surface area (Å²) in [7, 11) is 1.20. The number of aliphatic hydroxyl groups is 1. The minimum atomic E-state index is -2.83. The van der Waals surface area contributed by atoms with Crippen LogP contribution in [0.3, 0.4) is 0 Å². The highest BCUT2D eigenvalue weighted by molar-refractivity contribution is 5.99. The first kappa shape index (κ1) is 35.3. The van der Waals surface area contributed by atoms with Crippen molar-refractivity contribution >= 4 is 35.6 Å². The van der Waals surface area contributed by atoms with Crippen LogP contribution in [0.15, 0.2) is 34.7 Å². The Labute approximate surface area is 278 Å². The second kappa shape index (κ2) is 11.6. The van der Waals surface area contributed by atoms with Gasteiger partial charge in [0.25, 0.3) is 0 Å². The van der Waals surface area contributed by atoms with E-state index in [0.29, 0.717) is 5.56 Å². The van der Waals surface area contributed by atoms with E-state index in [0.717, 1.165) is 13.8 Å². The molecule has 3 aliphatic carbocycles. The van der Waals surface area contributed by atoms with Gasteiger partial charge < -0.3 is 33.2 Å². The van der Waals surface area contributed by atoms with Crippen LogP contribution in [0.4, 0.5) is 0 Å². The Balaban J connectivity index is 1.94. The molecule has 0 aromatic carbocycles. The number of esters is 5. The summed E-state index contributed by atoms with van der Waals surface area (Å²) < 4.78 is 34.5. The summed E-state index contributed by atoms with van der Waals surface area (Å²) in [6.07, 6.45) is -0.592. The van der Waals surface area contributed by atoms with Gasteiger partial charge in [0.2, 0.25) is 5.60 Å². The van der Waals surface area contributed by atoms with E-state index < -0.39 is 99.1 Å². The first-order valence-electron chi connectivity index (χ1n) is 16.1. The van der Waals surface area contributed by atoms with Crippen LogP contribution in [0, 0.1) is 34.0 Å². The molecule has 1 aromatic heterocycles. The number of cyclic esters (lactones) is 1. The number of fused-ring (bicyclic) bond motifs is 6. The van der Waals surface area contributed by atoms with Crippen LogP contribution in [-0.2, 0) is 52.5 Å². The molecule has 0 amide bonds. The molecule has 0 radical (unpaired) electrons. The van der Waals surface area contributed by atoms with Gasteiger partial charge in [0, 0.05) is 54.1 Å². The van der Waals surface area contributed by atoms with E-state index in [1.54, 1.807) is 47.6 Å². The van der Waals surface area contributed by atoms with Crippen LogP contribution in [0.1, 0.15) is 86.3 Å². The van der Waals surface area contributed by atoms with Crippen LogP contribution in [0.25, 0.3) is 0 Å². The van der Waals surface area contributed by atoms with Crippen molar-refractivity contribution in [3.63, 3.8) is 0 Å². The summed E-state index contributed by atoms with van der Waals surface area (Å²) in [6.45, 7) is 12.0. The second-order valence-corrected chi connectivity index (χ2v) is 14.9. The fourth-order valence-electron chi connectivity index (χ4n) is 9.46. The Morgan fingerprint density at radius 3 is 2.19 bits per heavy atom. The molecule has 262 valence electrons. The zero-order valence-electron chi connectivity index (χ0n) is 28.7. The largest absolute Gasteiger partial charge is 0.472 e. The average Bonchev–Trinajstić information content (AvgIpc) is 3.54. The lowest BCUT2D eigenvalue weighted by molar-refractivity contribution is -0.315. The third-order valence-corrected chi connectivity index (χ3v) is 11.4. The highest BCUT2D eigenvalue weighted by atomic mass is 16.6. The number of hydrogen-bond acceptors (Lipinski definition) is 13. The van der Waals surface area contributed by atoms with Crippen LogP contribution in [0.2, 0.25) is 0 Å². The van der Waals surface area contributed by atoms with Gasteiger partial charge in [-0.1, -0.05) is 41.5 Å². The van der Waals surface area contributed by atoms with Crippen molar-refractivity contribution in [1.29, 1.82) is 0 Å². The number of carbonyl (C=O) groups excluding carboxylic acids is 6. The molecule has 0 unspecified atom stereocenters. The number of ketones is 1. The van der Waals surface area contributed by atoms with Crippen molar-refractivity contribution in [3.8, 4) is 0 Å². The topological polar surface area (TPSA) is 182 Å². The smallest absolute Gasteiger partial charge is 0.331 e. The lowest BCUT2D eigenvalue weighted by atomic mass is 9.35. The molecule has 13 nitrogen and oxygen atoms in total. The zero-order valence-corrected chi connectivity index (χ0v) is 28.7. The van der Waals surface area contributed by atoms with Gasteiger partial charge in [-0.3, -0.25) is 24.0 Å². The lowest BCUT2D eigenvalue weighted by Gasteiger charge is -2.71. The Bertz CT molecular complexity index is 1570. The van der Waals surface area contributed by atoms with Gasteiger partial charge in [-0.2, -0.15) is 0 Å². The summed E-state index contributed by atoms with van der Waals surface area (Å²) in [5.41, 5.74) is -8.55. The quantitative estimate of drug-likeness (QED) is 0.328. The zero-order chi connectivity index (χ0) is 35.8. The fraction of sp³-hybridized carbons (Fsp3) is 0.657. The molecular formula is C35H44O13. The minimum Gasteiger partial charge on any atom is -0.472 e. The number of furan rings is 1. The van der Waals surface area contributed by atoms with Gasteiger partial charge in [-0.25, -0.2) is 4.79 Å². The van der Waals surface area contributed by atoms with Gasteiger partial charge in [0.1, 0.15) is 12.2 Å². The van der Waals surface area contributed by atoms with Gasteiger partial charge in [0.15, 0.2) is 17.5 Å². The maximum Gasteiger partial charge on any atom is 0.331 e. The average molecular weight is 673 g/mol. The Morgan fingerprint density at radius 1 is 1.02 bits per heavy atom. The van der Waals surface area contributed by atoms with E-state index in [2.05, 4.69) is 0 Å². The molecule has 48 heavy (non-hydrogen) atoms. The van der Waals surface area contributed by atoms with Crippen LogP contribution < -0.4 is 0 Å². The van der Waals surface area contributed by atoms with E-state index in [9.17, 15) is 29.1 Å². The first-order chi connectivity index (χ1) is 22.2. The highest BCUT2D eigenvalue weighted by Crippen LogP contribution is 2.72. The van der Waals surface area contributed by atoms with E-state index in [1.807, 2.05) is 0 Å². The van der Waals surface area contributed by atoms with E-state index in [1.165, 1.54) is 25.7 Å². The molecule has 3 fully saturated rings. The predicted molar refractivity (Wildman–Crippen MR) is 163 cm³/mol. The molecule has 2 heterocycles. The number of hydrogen-bond donors (Lipinski definition) is 1. The molecule has 1 aliphatic heterocycles. The van der Waals surface area contributed by atoms with E-state index in [-0.39, 0.29) is 24.8 Å². The van der Waals surface area contributed by atoms with Gasteiger partial charge in [-0.15, -0.1) is 0 Å². The Hall–Kier alpha value is -4.00. The van der Waals surface area contributed by atoms with Gasteiger partial charge in [-0.05, 0) is 30.4 Å². The summed E-state index contributed by atoms with van der Waals surface area (Å²) in [6, 6.07) is 1.63. The van der Waals surface area contributed by atoms with Crippen molar-refractivity contribution in [2.24, 2.45) is 34.0 Å². The molecule has 5 rings (SSSR count). The Kier molecular flexibility index (Phi) is 8.50. The number of methoxy groups -OCH3 is 1. The number of Topliss-reactive ketones (excluding diaryl/α,β-unsaturated/α-hetero) is 1. The van der Waals surface area contributed by atoms with Crippen LogP contribution >= 0.6 is 0 Å². The summed E-state index contributed by atoms with van der Waals surface area (Å²) >= 11 is 0. The molecule has 9 atom stereocenters. The van der Waals surface area contributed by atoms with Crippen molar-refractivity contribution in [1.82, 2.24) is 0 Å². The fourth-order valence-corrected chi connectivity index (χ4v) is 9.46. The normalized spacial score (nSPS) is 38.1. The van der Waals surface area contributed by atoms with E-state index >= 15 is 4.79 Å². The van der Waals surface area contributed by atoms with E-state index in [4.69, 9.17) is 28.1 Å². The number of ether oxygens (including phenoxy) is 5. The standard InChI is InChI=1S/C35H44O13/c1-17(2)27(40)48-35-21(10-12-32(7)23(35)15-25(39)47-26(32)20-11-13-44-16-20)33(8)22(14-24(38)43-9)31(5,6)29(45-18(3)36)34(42,28(33)41)30(35)46-19(4)37/h11,13,15-17,21-22,26,29-30,42H,10,12,14H2,1-9H3/t21-,22+,26+,29+,30-,32-,33-,34+,35-/m1/s1. The molecule has 2 bridgehead atoms. The third kappa shape index (κ3) is 4.74. The second-order valence-electron chi connectivity index (χ2n) is 14.9. The molecule has 1 N–H and O–H groups in total. The first-order valence-corrected chi connectivity index (χ1v) is 16.1. The highest BCUT2D eigenvalue weighted by Gasteiger charge is 2.85. The number of carbonyl (C=O) groups is 6.